The van der Waals surface area contributed by atoms with E-state index < -0.39 is 0 Å². The molecule has 0 bridgehead atoms. The zero-order chi connectivity index (χ0) is 8.97. The molecule has 0 N–H and O–H groups in total. The van der Waals surface area contributed by atoms with Gasteiger partial charge in [0.25, 0.3) is 0 Å². The van der Waals surface area contributed by atoms with Crippen LogP contribution in [-0.4, -0.2) is 30.4 Å². The lowest BCUT2D eigenvalue weighted by molar-refractivity contribution is 0.305. The molecule has 0 aromatic rings. The molecule has 0 spiro atoms. The highest BCUT2D eigenvalue weighted by atomic mass is 35.5. The first-order valence-electron chi connectivity index (χ1n) is 5.00. The van der Waals surface area contributed by atoms with Gasteiger partial charge >= 0.3 is 0 Å². The molecule has 1 aliphatic heterocycles. The Labute approximate surface area is 81.1 Å². The van der Waals surface area contributed by atoms with Crippen LogP contribution in [0.2, 0.25) is 0 Å². The number of hydrogen-bond donors (Lipinski definition) is 0. The molecule has 0 aromatic carbocycles. The number of rotatable bonds is 4. The van der Waals surface area contributed by atoms with E-state index in [-0.39, 0.29) is 0 Å². The molecule has 1 aliphatic rings. The first-order chi connectivity index (χ1) is 5.72. The van der Waals surface area contributed by atoms with Crippen molar-refractivity contribution in [3.63, 3.8) is 0 Å². The van der Waals surface area contributed by atoms with Gasteiger partial charge < -0.3 is 4.90 Å². The summed E-state index contributed by atoms with van der Waals surface area (Å²) in [5.41, 5.74) is 0. The van der Waals surface area contributed by atoms with Gasteiger partial charge in [-0.2, -0.15) is 0 Å². The van der Waals surface area contributed by atoms with Crippen LogP contribution < -0.4 is 0 Å². The van der Waals surface area contributed by atoms with E-state index in [0.717, 1.165) is 17.7 Å². The molecule has 1 nitrogen and oxygen atoms in total. The van der Waals surface area contributed by atoms with E-state index in [1.807, 2.05) is 0 Å². The van der Waals surface area contributed by atoms with Crippen molar-refractivity contribution in [2.24, 2.45) is 11.8 Å². The normalized spacial score (nSPS) is 25.5. The Kier molecular flexibility index (Phi) is 4.38. The lowest BCUT2D eigenvalue weighted by Gasteiger charge is -2.16. The smallest absolute Gasteiger partial charge is 0.0264 e. The second-order valence-electron chi connectivity index (χ2n) is 4.29. The third-order valence-corrected chi connectivity index (χ3v) is 3.05. The molecular formula is C10H20ClN. The second-order valence-corrected chi connectivity index (χ2v) is 4.60. The van der Waals surface area contributed by atoms with Gasteiger partial charge in [0.05, 0.1) is 0 Å². The third-order valence-electron chi connectivity index (χ3n) is 2.61. The number of halogens is 1. The first-order valence-corrected chi connectivity index (χ1v) is 5.54. The minimum atomic E-state index is 0.763. The summed E-state index contributed by atoms with van der Waals surface area (Å²) in [6, 6.07) is 0. The zero-order valence-electron chi connectivity index (χ0n) is 8.22. The predicted molar refractivity (Wildman–Crippen MR) is 54.7 cm³/mol. The lowest BCUT2D eigenvalue weighted by atomic mass is 10.1. The molecule has 1 rings (SSSR count). The summed E-state index contributed by atoms with van der Waals surface area (Å²) in [7, 11) is 0. The third kappa shape index (κ3) is 3.32. The Morgan fingerprint density at radius 1 is 1.50 bits per heavy atom. The molecule has 1 heterocycles. The van der Waals surface area contributed by atoms with E-state index in [1.54, 1.807) is 0 Å². The van der Waals surface area contributed by atoms with E-state index in [9.17, 15) is 0 Å². The summed E-state index contributed by atoms with van der Waals surface area (Å²) in [4.78, 5) is 2.55. The SMILES string of the molecule is CC(C)CCN1CCC(CCl)C1. The molecular weight excluding hydrogens is 170 g/mol. The van der Waals surface area contributed by atoms with Crippen LogP contribution in [0.25, 0.3) is 0 Å². The van der Waals surface area contributed by atoms with Crippen LogP contribution in [0.3, 0.4) is 0 Å². The minimum Gasteiger partial charge on any atom is -0.303 e. The quantitative estimate of drug-likeness (QED) is 0.615. The Morgan fingerprint density at radius 2 is 2.25 bits per heavy atom. The van der Waals surface area contributed by atoms with Crippen molar-refractivity contribution in [2.75, 3.05) is 25.5 Å². The van der Waals surface area contributed by atoms with Crippen molar-refractivity contribution < 1.29 is 0 Å². The van der Waals surface area contributed by atoms with Gasteiger partial charge in [-0.3, -0.25) is 0 Å². The highest BCUT2D eigenvalue weighted by molar-refractivity contribution is 6.18. The molecule has 12 heavy (non-hydrogen) atoms. The maximum atomic E-state index is 5.81. The fourth-order valence-corrected chi connectivity index (χ4v) is 1.93. The molecule has 72 valence electrons. The summed E-state index contributed by atoms with van der Waals surface area (Å²) in [5, 5.41) is 0. The van der Waals surface area contributed by atoms with Crippen LogP contribution in [-0.2, 0) is 0 Å². The Balaban J connectivity index is 2.11. The molecule has 1 saturated heterocycles. The van der Waals surface area contributed by atoms with E-state index in [1.165, 1.54) is 32.5 Å². The topological polar surface area (TPSA) is 3.24 Å². The standard InChI is InChI=1S/C10H20ClN/c1-9(2)3-5-12-6-4-10(7-11)8-12/h9-10H,3-8H2,1-2H3. The van der Waals surface area contributed by atoms with Crippen molar-refractivity contribution in [3.05, 3.63) is 0 Å². The summed E-state index contributed by atoms with van der Waals surface area (Å²) < 4.78 is 0. The van der Waals surface area contributed by atoms with Crippen molar-refractivity contribution in [3.8, 4) is 0 Å². The van der Waals surface area contributed by atoms with Gasteiger partial charge in [-0.25, -0.2) is 0 Å². The fraction of sp³-hybridized carbons (Fsp3) is 1.00. The van der Waals surface area contributed by atoms with Gasteiger partial charge in [0.15, 0.2) is 0 Å². The van der Waals surface area contributed by atoms with Gasteiger partial charge in [0.1, 0.15) is 0 Å². The van der Waals surface area contributed by atoms with Crippen molar-refractivity contribution in [1.82, 2.24) is 4.90 Å². The number of likely N-dealkylation sites (tertiary alicyclic amines) is 1. The second kappa shape index (κ2) is 5.08. The molecule has 1 unspecified atom stereocenters. The van der Waals surface area contributed by atoms with Crippen LogP contribution >= 0.6 is 11.6 Å². The van der Waals surface area contributed by atoms with Gasteiger partial charge in [0, 0.05) is 12.4 Å². The van der Waals surface area contributed by atoms with Crippen LogP contribution in [0, 0.1) is 11.8 Å². The maximum Gasteiger partial charge on any atom is 0.0264 e. The van der Waals surface area contributed by atoms with E-state index >= 15 is 0 Å². The molecule has 0 radical (unpaired) electrons. The molecule has 0 saturated carbocycles. The minimum absolute atomic E-state index is 0.763. The number of nitrogens with zero attached hydrogens (tertiary/aromatic N) is 1. The van der Waals surface area contributed by atoms with Gasteiger partial charge in [-0.1, -0.05) is 13.8 Å². The lowest BCUT2D eigenvalue weighted by Crippen LogP contribution is -2.23. The molecule has 0 aliphatic carbocycles. The highest BCUT2D eigenvalue weighted by Gasteiger charge is 2.20. The molecule has 0 aromatic heterocycles. The van der Waals surface area contributed by atoms with E-state index in [2.05, 4.69) is 18.7 Å². The summed E-state index contributed by atoms with van der Waals surface area (Å²) >= 11 is 5.81. The van der Waals surface area contributed by atoms with Crippen LogP contribution in [0.5, 0.6) is 0 Å². The van der Waals surface area contributed by atoms with Crippen molar-refractivity contribution >= 4 is 11.6 Å². The van der Waals surface area contributed by atoms with Crippen molar-refractivity contribution in [2.45, 2.75) is 26.7 Å². The monoisotopic (exact) mass is 189 g/mol. The number of alkyl halides is 1. The van der Waals surface area contributed by atoms with Gasteiger partial charge in [-0.05, 0) is 37.8 Å². The van der Waals surface area contributed by atoms with Gasteiger partial charge in [-0.15, -0.1) is 11.6 Å². The molecule has 2 heteroatoms. The predicted octanol–water partition coefficient (Wildman–Crippen LogP) is 2.59. The first kappa shape index (κ1) is 10.3. The average molecular weight is 190 g/mol. The average Bonchev–Trinajstić information content (AvgIpc) is 2.48. The molecule has 1 fully saturated rings. The van der Waals surface area contributed by atoms with E-state index in [0.29, 0.717) is 0 Å². The Bertz CT molecular complexity index is 125. The Hall–Kier alpha value is 0.250. The van der Waals surface area contributed by atoms with Crippen LogP contribution in [0.4, 0.5) is 0 Å². The van der Waals surface area contributed by atoms with Crippen LogP contribution in [0.1, 0.15) is 26.7 Å². The Morgan fingerprint density at radius 3 is 2.75 bits per heavy atom. The maximum absolute atomic E-state index is 5.81. The largest absolute Gasteiger partial charge is 0.303 e. The van der Waals surface area contributed by atoms with Gasteiger partial charge in [0.2, 0.25) is 0 Å². The fourth-order valence-electron chi connectivity index (χ4n) is 1.68. The highest BCUT2D eigenvalue weighted by Crippen LogP contribution is 2.18. The zero-order valence-corrected chi connectivity index (χ0v) is 8.98. The summed E-state index contributed by atoms with van der Waals surface area (Å²) in [6.45, 7) is 8.34. The summed E-state index contributed by atoms with van der Waals surface area (Å²) in [5.74, 6) is 2.44. The molecule has 1 atom stereocenters. The van der Waals surface area contributed by atoms with Crippen molar-refractivity contribution in [1.29, 1.82) is 0 Å². The van der Waals surface area contributed by atoms with Crippen LogP contribution in [0.15, 0.2) is 0 Å². The molecule has 0 amide bonds. The van der Waals surface area contributed by atoms with E-state index in [4.69, 9.17) is 11.6 Å². The summed E-state index contributed by atoms with van der Waals surface area (Å²) in [6.07, 6.45) is 2.64. The number of hydrogen-bond acceptors (Lipinski definition) is 1.